The van der Waals surface area contributed by atoms with Crippen LogP contribution in [0.25, 0.3) is 0 Å². The number of hydrazone groups is 1. The molecule has 0 saturated carbocycles. The Morgan fingerprint density at radius 1 is 1.33 bits per heavy atom. The number of primary amides is 1. The Hall–Kier alpha value is -1.06. The first-order valence-corrected chi connectivity index (χ1v) is 5.61. The third kappa shape index (κ3) is 10.9. The van der Waals surface area contributed by atoms with Crippen LogP contribution < -0.4 is 11.2 Å². The first-order valence-electron chi connectivity index (χ1n) is 5.61. The van der Waals surface area contributed by atoms with Crippen molar-refractivity contribution >= 4 is 11.7 Å². The van der Waals surface area contributed by atoms with Crippen LogP contribution in [0.15, 0.2) is 5.10 Å². The van der Waals surface area contributed by atoms with Gasteiger partial charge in [0, 0.05) is 5.71 Å². The maximum atomic E-state index is 10.4. The van der Waals surface area contributed by atoms with Crippen LogP contribution in [0.5, 0.6) is 0 Å². The third-order valence-corrected chi connectivity index (χ3v) is 2.18. The topological polar surface area (TPSA) is 67.5 Å². The summed E-state index contributed by atoms with van der Waals surface area (Å²) in [7, 11) is 0. The van der Waals surface area contributed by atoms with Crippen molar-refractivity contribution in [2.45, 2.75) is 52.9 Å². The highest BCUT2D eigenvalue weighted by Crippen LogP contribution is 2.09. The molecule has 0 aromatic heterocycles. The first kappa shape index (κ1) is 13.9. The van der Waals surface area contributed by atoms with Gasteiger partial charge in [0.2, 0.25) is 0 Å². The van der Waals surface area contributed by atoms with Gasteiger partial charge in [0.25, 0.3) is 0 Å². The minimum Gasteiger partial charge on any atom is -0.350 e. The van der Waals surface area contributed by atoms with E-state index in [1.165, 1.54) is 19.3 Å². The summed E-state index contributed by atoms with van der Waals surface area (Å²) in [5, 5.41) is 3.85. The molecule has 4 heteroatoms. The molecule has 0 aromatic carbocycles. The molecule has 0 heterocycles. The summed E-state index contributed by atoms with van der Waals surface area (Å²) in [6, 6.07) is -0.603. The van der Waals surface area contributed by atoms with E-state index in [-0.39, 0.29) is 0 Å². The number of hydrogen-bond donors (Lipinski definition) is 2. The summed E-state index contributed by atoms with van der Waals surface area (Å²) >= 11 is 0. The summed E-state index contributed by atoms with van der Waals surface area (Å²) in [5.41, 5.74) is 8.05. The number of nitrogens with two attached hydrogens (primary N) is 1. The molecule has 88 valence electrons. The molecule has 0 spiro atoms. The molecule has 0 aliphatic rings. The molecule has 2 amide bonds. The van der Waals surface area contributed by atoms with Crippen molar-refractivity contribution in [1.82, 2.24) is 5.43 Å². The van der Waals surface area contributed by atoms with E-state index < -0.39 is 6.03 Å². The van der Waals surface area contributed by atoms with E-state index in [9.17, 15) is 4.79 Å². The molecule has 0 saturated heterocycles. The van der Waals surface area contributed by atoms with Crippen molar-refractivity contribution in [3.63, 3.8) is 0 Å². The number of carbonyl (C=O) groups excluding carboxylic acids is 1. The number of nitrogens with zero attached hydrogens (tertiary/aromatic N) is 1. The van der Waals surface area contributed by atoms with Gasteiger partial charge in [0.15, 0.2) is 0 Å². The average Bonchev–Trinajstić information content (AvgIpc) is 2.13. The van der Waals surface area contributed by atoms with E-state index in [1.807, 2.05) is 6.92 Å². The molecule has 0 fully saturated rings. The maximum absolute atomic E-state index is 10.4. The maximum Gasteiger partial charge on any atom is 0.332 e. The van der Waals surface area contributed by atoms with Gasteiger partial charge in [-0.25, -0.2) is 10.2 Å². The third-order valence-electron chi connectivity index (χ3n) is 2.18. The highest BCUT2D eigenvalue weighted by molar-refractivity contribution is 5.83. The Kier molecular flexibility index (Phi) is 7.68. The lowest BCUT2D eigenvalue weighted by atomic mass is 10.0. The SMILES string of the molecule is C/C(CCCCCC(C)C)=N\NC(N)=O. The molecule has 0 atom stereocenters. The smallest absolute Gasteiger partial charge is 0.332 e. The molecule has 0 aliphatic heterocycles. The van der Waals surface area contributed by atoms with Gasteiger partial charge in [-0.3, -0.25) is 0 Å². The van der Waals surface area contributed by atoms with Crippen molar-refractivity contribution in [3.05, 3.63) is 0 Å². The molecule has 3 N–H and O–H groups in total. The van der Waals surface area contributed by atoms with Crippen molar-refractivity contribution in [2.24, 2.45) is 16.8 Å². The predicted octanol–water partition coefficient (Wildman–Crippen LogP) is 2.64. The Morgan fingerprint density at radius 3 is 2.53 bits per heavy atom. The van der Waals surface area contributed by atoms with Crippen molar-refractivity contribution in [2.75, 3.05) is 0 Å². The molecule has 0 aromatic rings. The first-order chi connectivity index (χ1) is 7.02. The lowest BCUT2D eigenvalue weighted by Gasteiger charge is -2.04. The van der Waals surface area contributed by atoms with Crippen LogP contribution in [0.4, 0.5) is 4.79 Å². The molecular weight excluding hydrogens is 190 g/mol. The monoisotopic (exact) mass is 213 g/mol. The van der Waals surface area contributed by atoms with E-state index in [4.69, 9.17) is 5.73 Å². The number of nitrogens with one attached hydrogen (secondary N) is 1. The lowest BCUT2D eigenvalue weighted by molar-refractivity contribution is 0.249. The second-order valence-electron chi connectivity index (χ2n) is 4.32. The Balaban J connectivity index is 3.42. The van der Waals surface area contributed by atoms with Gasteiger partial charge < -0.3 is 5.73 Å². The van der Waals surface area contributed by atoms with Crippen LogP contribution >= 0.6 is 0 Å². The fraction of sp³-hybridized carbons (Fsp3) is 0.818. The van der Waals surface area contributed by atoms with E-state index in [0.717, 1.165) is 24.5 Å². The second kappa shape index (κ2) is 8.26. The van der Waals surface area contributed by atoms with Gasteiger partial charge in [-0.05, 0) is 25.7 Å². The predicted molar refractivity (Wildman–Crippen MR) is 63.8 cm³/mol. The summed E-state index contributed by atoms with van der Waals surface area (Å²) in [4.78, 5) is 10.4. The minimum atomic E-state index is -0.603. The fourth-order valence-electron chi connectivity index (χ4n) is 1.32. The zero-order chi connectivity index (χ0) is 11.7. The van der Waals surface area contributed by atoms with Crippen LogP contribution in [0, 0.1) is 5.92 Å². The number of urea groups is 1. The zero-order valence-electron chi connectivity index (χ0n) is 10.0. The number of unbranched alkanes of at least 4 members (excludes halogenated alkanes) is 2. The normalized spacial score (nSPS) is 11.9. The van der Waals surface area contributed by atoms with Crippen LogP contribution in [0.2, 0.25) is 0 Å². The molecule has 0 radical (unpaired) electrons. The minimum absolute atomic E-state index is 0.603. The Morgan fingerprint density at radius 2 is 2.00 bits per heavy atom. The van der Waals surface area contributed by atoms with Gasteiger partial charge in [0.1, 0.15) is 0 Å². The molecule has 0 rings (SSSR count). The highest BCUT2D eigenvalue weighted by atomic mass is 16.2. The summed E-state index contributed by atoms with van der Waals surface area (Å²) in [6.45, 7) is 6.38. The largest absolute Gasteiger partial charge is 0.350 e. The van der Waals surface area contributed by atoms with Crippen molar-refractivity contribution in [3.8, 4) is 0 Å². The van der Waals surface area contributed by atoms with Gasteiger partial charge >= 0.3 is 6.03 Å². The molecule has 15 heavy (non-hydrogen) atoms. The van der Waals surface area contributed by atoms with Crippen molar-refractivity contribution < 1.29 is 4.79 Å². The van der Waals surface area contributed by atoms with Gasteiger partial charge in [-0.2, -0.15) is 5.10 Å². The van der Waals surface area contributed by atoms with Crippen LogP contribution in [0.1, 0.15) is 52.9 Å². The molecule has 4 nitrogen and oxygen atoms in total. The number of rotatable bonds is 7. The van der Waals surface area contributed by atoms with E-state index >= 15 is 0 Å². The van der Waals surface area contributed by atoms with Crippen molar-refractivity contribution in [1.29, 1.82) is 0 Å². The van der Waals surface area contributed by atoms with E-state index in [2.05, 4.69) is 24.4 Å². The molecular formula is C11H23N3O. The second-order valence-corrected chi connectivity index (χ2v) is 4.32. The fourth-order valence-corrected chi connectivity index (χ4v) is 1.32. The van der Waals surface area contributed by atoms with E-state index in [0.29, 0.717) is 0 Å². The number of carbonyl (C=O) groups is 1. The quantitative estimate of drug-likeness (QED) is 0.381. The Bertz CT molecular complexity index is 212. The van der Waals surface area contributed by atoms with Crippen LogP contribution in [-0.4, -0.2) is 11.7 Å². The summed E-state index contributed by atoms with van der Waals surface area (Å²) < 4.78 is 0. The van der Waals surface area contributed by atoms with Gasteiger partial charge in [0.05, 0.1) is 0 Å². The van der Waals surface area contributed by atoms with Gasteiger partial charge in [-0.15, -0.1) is 0 Å². The summed E-state index contributed by atoms with van der Waals surface area (Å²) in [6.07, 6.45) is 5.84. The molecule has 0 aliphatic carbocycles. The number of hydrogen-bond acceptors (Lipinski definition) is 2. The average molecular weight is 213 g/mol. The molecule has 0 unspecified atom stereocenters. The van der Waals surface area contributed by atoms with Gasteiger partial charge in [-0.1, -0.05) is 33.1 Å². The summed E-state index contributed by atoms with van der Waals surface area (Å²) in [5.74, 6) is 0.788. The van der Waals surface area contributed by atoms with E-state index in [1.54, 1.807) is 0 Å². The lowest BCUT2D eigenvalue weighted by Crippen LogP contribution is -2.25. The standard InChI is InChI=1S/C11H23N3O/c1-9(2)7-5-4-6-8-10(3)13-14-11(12)15/h9H,4-8H2,1-3H3,(H3,12,14,15)/b13-10+. The zero-order valence-corrected chi connectivity index (χ0v) is 10.0. The Labute approximate surface area is 92.3 Å². The van der Waals surface area contributed by atoms with Crippen LogP contribution in [-0.2, 0) is 0 Å². The van der Waals surface area contributed by atoms with Crippen LogP contribution in [0.3, 0.4) is 0 Å². The highest BCUT2D eigenvalue weighted by Gasteiger charge is 1.96. The number of amides is 2. The molecule has 0 bridgehead atoms.